The number of ether oxygens (including phenoxy) is 1. The molecule has 7 heteroatoms. The second-order valence-corrected chi connectivity index (χ2v) is 10.7. The lowest BCUT2D eigenvalue weighted by molar-refractivity contribution is -0.132. The molecule has 0 saturated heterocycles. The van der Waals surface area contributed by atoms with Crippen LogP contribution in [0, 0.1) is 0 Å². The fraction of sp³-hybridized carbons (Fsp3) is 0.395. The van der Waals surface area contributed by atoms with Gasteiger partial charge in [-0.3, -0.25) is 14.4 Å². The molecule has 1 aromatic rings. The molecule has 0 saturated carbocycles. The number of carbonyl (C=O) groups is 3. The Morgan fingerprint density at radius 2 is 1.22 bits per heavy atom. The van der Waals surface area contributed by atoms with Gasteiger partial charge in [-0.25, -0.2) is 0 Å². The van der Waals surface area contributed by atoms with Crippen LogP contribution in [0.1, 0.15) is 70.8 Å². The third-order valence-electron chi connectivity index (χ3n) is 6.94. The average molecular weight is 614 g/mol. The number of hydrogen-bond donors (Lipinski definition) is 3. The Labute approximate surface area is 270 Å². The van der Waals surface area contributed by atoms with E-state index in [1.165, 1.54) is 6.08 Å². The molecule has 1 aliphatic rings. The van der Waals surface area contributed by atoms with Gasteiger partial charge in [-0.15, -0.1) is 0 Å². The van der Waals surface area contributed by atoms with Crippen molar-refractivity contribution in [1.82, 2.24) is 16.0 Å². The number of amides is 2. The normalized spacial score (nSPS) is 17.0. The van der Waals surface area contributed by atoms with Crippen molar-refractivity contribution < 1.29 is 19.1 Å². The molecule has 2 rings (SSSR count). The van der Waals surface area contributed by atoms with E-state index in [4.69, 9.17) is 4.74 Å². The van der Waals surface area contributed by atoms with Crippen molar-refractivity contribution in [2.75, 3.05) is 26.2 Å². The van der Waals surface area contributed by atoms with Crippen molar-refractivity contribution in [3.63, 3.8) is 0 Å². The molecule has 1 aliphatic heterocycles. The first-order valence-electron chi connectivity index (χ1n) is 16.1. The Bertz CT molecular complexity index is 1240. The van der Waals surface area contributed by atoms with E-state index in [9.17, 15) is 14.4 Å². The topological polar surface area (TPSA) is 96.5 Å². The fourth-order valence-electron chi connectivity index (χ4n) is 4.33. The first kappa shape index (κ1) is 37.0. The molecular weight excluding hydrogens is 562 g/mol. The van der Waals surface area contributed by atoms with E-state index in [1.807, 2.05) is 24.3 Å². The summed E-state index contributed by atoms with van der Waals surface area (Å²) in [5.74, 6) is -0.646. The van der Waals surface area contributed by atoms with E-state index in [0.717, 1.165) is 38.5 Å². The molecule has 0 radical (unpaired) electrons. The van der Waals surface area contributed by atoms with Crippen molar-refractivity contribution in [3.05, 3.63) is 121 Å². The maximum atomic E-state index is 12.5. The summed E-state index contributed by atoms with van der Waals surface area (Å²) in [7, 11) is 0. The van der Waals surface area contributed by atoms with Crippen LogP contribution in [-0.2, 0) is 24.7 Å². The predicted octanol–water partition coefficient (Wildman–Crippen LogP) is 6.68. The maximum Gasteiger partial charge on any atom is 0.286 e. The molecule has 45 heavy (non-hydrogen) atoms. The lowest BCUT2D eigenvalue weighted by Crippen LogP contribution is -2.37. The molecule has 0 aromatic heterocycles. The Balaban J connectivity index is 1.42. The fourth-order valence-corrected chi connectivity index (χ4v) is 4.33. The Morgan fingerprint density at radius 3 is 1.78 bits per heavy atom. The summed E-state index contributed by atoms with van der Waals surface area (Å²) in [6, 6.07) is 9.13. The van der Waals surface area contributed by atoms with Gasteiger partial charge in [-0.1, -0.05) is 110 Å². The quantitative estimate of drug-likeness (QED) is 0.100. The second-order valence-electron chi connectivity index (χ2n) is 10.7. The van der Waals surface area contributed by atoms with Crippen LogP contribution in [0.3, 0.4) is 0 Å². The zero-order valence-electron chi connectivity index (χ0n) is 27.0. The molecule has 0 aliphatic carbocycles. The highest BCUT2D eigenvalue weighted by Gasteiger charge is 2.43. The molecular formula is C38H51N3O4. The number of hydrogen-bond acceptors (Lipinski definition) is 5. The molecule has 242 valence electrons. The van der Waals surface area contributed by atoms with Gasteiger partial charge in [0.1, 0.15) is 0 Å². The summed E-state index contributed by atoms with van der Waals surface area (Å²) >= 11 is 0. The van der Waals surface area contributed by atoms with Crippen LogP contribution in [0.4, 0.5) is 0 Å². The number of benzene rings is 1. The van der Waals surface area contributed by atoms with Crippen molar-refractivity contribution in [3.8, 4) is 0 Å². The highest BCUT2D eigenvalue weighted by Crippen LogP contribution is 2.34. The lowest BCUT2D eigenvalue weighted by Gasteiger charge is -2.24. The van der Waals surface area contributed by atoms with E-state index in [0.29, 0.717) is 44.6 Å². The van der Waals surface area contributed by atoms with Gasteiger partial charge in [0.15, 0.2) is 11.4 Å². The van der Waals surface area contributed by atoms with Crippen molar-refractivity contribution in [2.45, 2.75) is 70.8 Å². The van der Waals surface area contributed by atoms with E-state index >= 15 is 0 Å². The third kappa shape index (κ3) is 15.9. The first-order valence-corrected chi connectivity index (χ1v) is 16.1. The number of rotatable bonds is 22. The molecule has 1 unspecified atom stereocenters. The predicted molar refractivity (Wildman–Crippen MR) is 184 cm³/mol. The molecule has 1 aromatic carbocycles. The minimum Gasteiger partial charge on any atom is -0.469 e. The van der Waals surface area contributed by atoms with Crippen LogP contribution in [0.25, 0.3) is 0 Å². The van der Waals surface area contributed by atoms with Crippen LogP contribution < -0.4 is 16.0 Å². The Kier molecular flexibility index (Phi) is 19.0. The molecule has 2 amide bonds. The number of nitrogens with one attached hydrogen (secondary N) is 3. The molecule has 3 N–H and O–H groups in total. The van der Waals surface area contributed by atoms with Gasteiger partial charge in [0.05, 0.1) is 0 Å². The van der Waals surface area contributed by atoms with Gasteiger partial charge < -0.3 is 20.7 Å². The zero-order chi connectivity index (χ0) is 32.4. The molecule has 7 nitrogen and oxygen atoms in total. The minimum atomic E-state index is -1.18. The van der Waals surface area contributed by atoms with Crippen LogP contribution >= 0.6 is 0 Å². The number of allylic oxidation sites excluding steroid dienone is 12. The minimum absolute atomic E-state index is 0.0149. The summed E-state index contributed by atoms with van der Waals surface area (Å²) in [5, 5.41) is 8.83. The average Bonchev–Trinajstić information content (AvgIpc) is 3.36. The first-order chi connectivity index (χ1) is 22.0. The van der Waals surface area contributed by atoms with E-state index < -0.39 is 11.5 Å². The van der Waals surface area contributed by atoms with Crippen molar-refractivity contribution >= 4 is 17.6 Å². The smallest absolute Gasteiger partial charge is 0.286 e. The number of carbonyl (C=O) groups excluding carboxylic acids is 3. The van der Waals surface area contributed by atoms with Crippen molar-refractivity contribution in [2.24, 2.45) is 0 Å². The van der Waals surface area contributed by atoms with E-state index in [-0.39, 0.29) is 17.4 Å². The van der Waals surface area contributed by atoms with Crippen LogP contribution in [0.15, 0.2) is 115 Å². The third-order valence-corrected chi connectivity index (χ3v) is 6.94. The summed E-state index contributed by atoms with van der Waals surface area (Å²) in [6.45, 7) is 5.80. The summed E-state index contributed by atoms with van der Waals surface area (Å²) < 4.78 is 5.75. The van der Waals surface area contributed by atoms with Gasteiger partial charge in [-0.2, -0.15) is 0 Å². The van der Waals surface area contributed by atoms with E-state index in [2.05, 4.69) is 89.7 Å². The van der Waals surface area contributed by atoms with E-state index in [1.54, 1.807) is 19.1 Å². The SMILES string of the molecule is CCC=CCC=CCC=CCC=CCC=CCC=CCCC(=O)NCCNCCNC(=O)C1=CC(=O)C(C)(c2ccccc2)O1. The number of ketones is 1. The highest BCUT2D eigenvalue weighted by atomic mass is 16.5. The lowest BCUT2D eigenvalue weighted by atomic mass is 9.92. The monoisotopic (exact) mass is 613 g/mol. The summed E-state index contributed by atoms with van der Waals surface area (Å²) in [4.78, 5) is 37.0. The molecule has 0 spiro atoms. The highest BCUT2D eigenvalue weighted by molar-refractivity contribution is 6.07. The van der Waals surface area contributed by atoms with Crippen LogP contribution in [0.2, 0.25) is 0 Å². The van der Waals surface area contributed by atoms with Crippen LogP contribution in [-0.4, -0.2) is 43.8 Å². The Morgan fingerprint density at radius 1 is 0.711 bits per heavy atom. The standard InChI is InChI=1S/C38H51N3O4/c1-3-4-5-6-7-8-9-10-11-12-13-14-15-16-17-18-19-20-24-27-36(43)40-30-28-39-29-31-41-37(44)34-32-35(42)38(2,45-34)33-25-22-21-23-26-33/h4-5,7-8,10-11,13-14,16-17,19-23,25-26,32,39H,3,6,9,12,15,18,24,27-31H2,1-2H3,(H,40,43)(H,41,44). The summed E-state index contributed by atoms with van der Waals surface area (Å²) in [6.07, 6.45) is 34.2. The van der Waals surface area contributed by atoms with Gasteiger partial charge in [0.2, 0.25) is 11.7 Å². The summed E-state index contributed by atoms with van der Waals surface area (Å²) in [5.41, 5.74) is -0.480. The molecule has 1 heterocycles. The van der Waals surface area contributed by atoms with Gasteiger partial charge in [0.25, 0.3) is 5.91 Å². The second kappa shape index (κ2) is 23.2. The van der Waals surface area contributed by atoms with Gasteiger partial charge >= 0.3 is 0 Å². The molecule has 0 fully saturated rings. The molecule has 0 bridgehead atoms. The zero-order valence-corrected chi connectivity index (χ0v) is 27.0. The molecule has 1 atom stereocenters. The van der Waals surface area contributed by atoms with Gasteiger partial charge in [-0.05, 0) is 51.9 Å². The largest absolute Gasteiger partial charge is 0.469 e. The van der Waals surface area contributed by atoms with Crippen LogP contribution in [0.5, 0.6) is 0 Å². The van der Waals surface area contributed by atoms with Gasteiger partial charge in [0, 0.05) is 44.2 Å². The Hall–Kier alpha value is -4.23. The van der Waals surface area contributed by atoms with Crippen molar-refractivity contribution in [1.29, 1.82) is 0 Å². The maximum absolute atomic E-state index is 12.5.